The first-order valence-corrected chi connectivity index (χ1v) is 9.89. The van der Waals surface area contributed by atoms with Crippen molar-refractivity contribution in [2.24, 2.45) is 4.99 Å². The lowest BCUT2D eigenvalue weighted by molar-refractivity contribution is -0.130. The third kappa shape index (κ3) is 5.11. The van der Waals surface area contributed by atoms with E-state index < -0.39 is 5.25 Å². The smallest absolute Gasteiger partial charge is 0.233 e. The van der Waals surface area contributed by atoms with Crippen LogP contribution in [0.1, 0.15) is 12.0 Å². The zero-order chi connectivity index (χ0) is 19.2. The number of amidine groups is 1. The first kappa shape index (κ1) is 19.5. The van der Waals surface area contributed by atoms with Crippen LogP contribution in [0, 0.1) is 0 Å². The maximum atomic E-state index is 12.7. The summed E-state index contributed by atoms with van der Waals surface area (Å²) in [4.78, 5) is 31.1. The number of halogens is 1. The predicted octanol–water partition coefficient (Wildman–Crippen LogP) is 3.65. The van der Waals surface area contributed by atoms with E-state index in [9.17, 15) is 9.59 Å². The third-order valence-corrected chi connectivity index (χ3v) is 5.60. The van der Waals surface area contributed by atoms with E-state index in [1.807, 2.05) is 42.5 Å². The molecule has 0 aliphatic carbocycles. The molecule has 1 aliphatic rings. The summed E-state index contributed by atoms with van der Waals surface area (Å²) in [5.41, 5.74) is 1.80. The number of amides is 2. The molecule has 1 fully saturated rings. The molecule has 0 bridgehead atoms. The third-order valence-electron chi connectivity index (χ3n) is 4.18. The molecule has 1 atom stereocenters. The van der Waals surface area contributed by atoms with E-state index in [0.717, 1.165) is 5.56 Å². The van der Waals surface area contributed by atoms with Gasteiger partial charge in [-0.25, -0.2) is 4.99 Å². The summed E-state index contributed by atoms with van der Waals surface area (Å²) in [5.74, 6) is -0.270. The van der Waals surface area contributed by atoms with Gasteiger partial charge in [0.1, 0.15) is 0 Å². The van der Waals surface area contributed by atoms with Crippen LogP contribution in [0.3, 0.4) is 0 Å². The Hall–Kier alpha value is -2.31. The van der Waals surface area contributed by atoms with Gasteiger partial charge in [-0.15, -0.1) is 0 Å². The summed E-state index contributed by atoms with van der Waals surface area (Å²) in [5, 5.41) is 3.23. The Kier molecular flexibility index (Phi) is 6.53. The summed E-state index contributed by atoms with van der Waals surface area (Å²) in [6.07, 6.45) is 0.875. The maximum absolute atomic E-state index is 12.7. The molecule has 0 saturated carbocycles. The highest BCUT2D eigenvalue weighted by molar-refractivity contribution is 8.15. The number of nitrogens with one attached hydrogen (secondary N) is 1. The van der Waals surface area contributed by atoms with Crippen molar-refractivity contribution in [2.75, 3.05) is 13.6 Å². The van der Waals surface area contributed by atoms with Gasteiger partial charge in [0.15, 0.2) is 5.17 Å². The van der Waals surface area contributed by atoms with Crippen LogP contribution in [-0.4, -0.2) is 40.7 Å². The minimum absolute atomic E-state index is 0.0981. The topological polar surface area (TPSA) is 61.8 Å². The highest BCUT2D eigenvalue weighted by Crippen LogP contribution is 2.30. The van der Waals surface area contributed by atoms with Crippen molar-refractivity contribution in [3.8, 4) is 0 Å². The highest BCUT2D eigenvalue weighted by Gasteiger charge is 2.35. The van der Waals surface area contributed by atoms with Crippen LogP contribution < -0.4 is 5.32 Å². The number of aliphatic imine (C=N–C) groups is 1. The Morgan fingerprint density at radius 2 is 2.04 bits per heavy atom. The van der Waals surface area contributed by atoms with Gasteiger partial charge in [0, 0.05) is 25.0 Å². The molecule has 1 aliphatic heterocycles. The first-order valence-electron chi connectivity index (χ1n) is 8.63. The molecular weight excluding hydrogens is 382 g/mol. The molecule has 2 aromatic rings. The zero-order valence-electron chi connectivity index (χ0n) is 14.9. The highest BCUT2D eigenvalue weighted by atomic mass is 35.5. The molecule has 27 heavy (non-hydrogen) atoms. The first-order chi connectivity index (χ1) is 13.1. The molecular formula is C20H20ClN3O2S. The molecule has 2 amide bonds. The fourth-order valence-corrected chi connectivity index (χ4v) is 4.13. The van der Waals surface area contributed by atoms with Gasteiger partial charge in [-0.2, -0.15) is 0 Å². The van der Waals surface area contributed by atoms with Crippen LogP contribution in [-0.2, 0) is 16.0 Å². The van der Waals surface area contributed by atoms with Crippen molar-refractivity contribution >= 4 is 46.0 Å². The van der Waals surface area contributed by atoms with E-state index in [-0.39, 0.29) is 18.2 Å². The Bertz CT molecular complexity index is 857. The molecule has 1 saturated heterocycles. The molecule has 140 valence electrons. The second-order valence-electron chi connectivity index (χ2n) is 6.08. The summed E-state index contributed by atoms with van der Waals surface area (Å²) >= 11 is 7.36. The van der Waals surface area contributed by atoms with Gasteiger partial charge in [-0.3, -0.25) is 14.5 Å². The number of carbonyl (C=O) groups is 2. The lowest BCUT2D eigenvalue weighted by Gasteiger charge is -2.31. The van der Waals surface area contributed by atoms with Crippen LogP contribution in [0.4, 0.5) is 5.69 Å². The van der Waals surface area contributed by atoms with Crippen molar-refractivity contribution < 1.29 is 9.59 Å². The van der Waals surface area contributed by atoms with E-state index in [4.69, 9.17) is 11.6 Å². The summed E-state index contributed by atoms with van der Waals surface area (Å²) in [6.45, 7) is 0.510. The summed E-state index contributed by atoms with van der Waals surface area (Å²) in [7, 11) is 1.57. The minimum atomic E-state index is -0.478. The molecule has 3 rings (SSSR count). The van der Waals surface area contributed by atoms with Crippen molar-refractivity contribution in [2.45, 2.75) is 18.1 Å². The molecule has 0 aromatic heterocycles. The standard InChI is InChI=1S/C20H20ClN3O2S/c1-22-19(26)17-13-18(25)24(11-10-14-6-3-2-4-7-14)20(27-17)23-16-9-5-8-15(21)12-16/h2-9,12,17H,10-11,13H2,1H3,(H,22,26)/t17-/m1/s1. The Labute approximate surface area is 167 Å². The Balaban J connectivity index is 1.86. The van der Waals surface area contributed by atoms with Gasteiger partial charge in [-0.05, 0) is 30.2 Å². The average molecular weight is 402 g/mol. The van der Waals surface area contributed by atoms with Gasteiger partial charge in [0.05, 0.1) is 10.9 Å². The molecule has 0 radical (unpaired) electrons. The normalized spacial score (nSPS) is 18.6. The Morgan fingerprint density at radius 1 is 1.26 bits per heavy atom. The zero-order valence-corrected chi connectivity index (χ0v) is 16.5. The SMILES string of the molecule is CNC(=O)[C@H]1CC(=O)N(CCc2ccccc2)C(=Nc2cccc(Cl)c2)S1. The molecule has 1 heterocycles. The largest absolute Gasteiger partial charge is 0.358 e. The number of carbonyl (C=O) groups excluding carboxylic acids is 2. The fraction of sp³-hybridized carbons (Fsp3) is 0.250. The van der Waals surface area contributed by atoms with Crippen molar-refractivity contribution in [3.63, 3.8) is 0 Å². The molecule has 7 heteroatoms. The van der Waals surface area contributed by atoms with Gasteiger partial charge in [0.2, 0.25) is 11.8 Å². The average Bonchev–Trinajstić information content (AvgIpc) is 2.67. The van der Waals surface area contributed by atoms with Crippen molar-refractivity contribution in [1.82, 2.24) is 10.2 Å². The molecule has 5 nitrogen and oxygen atoms in total. The van der Waals surface area contributed by atoms with E-state index in [1.54, 1.807) is 24.1 Å². The maximum Gasteiger partial charge on any atom is 0.233 e. The van der Waals surface area contributed by atoms with Crippen LogP contribution in [0.25, 0.3) is 0 Å². The number of nitrogens with zero attached hydrogens (tertiary/aromatic N) is 2. The van der Waals surface area contributed by atoms with Gasteiger partial charge < -0.3 is 5.32 Å². The molecule has 0 unspecified atom stereocenters. The Morgan fingerprint density at radius 3 is 2.74 bits per heavy atom. The van der Waals surface area contributed by atoms with E-state index in [2.05, 4.69) is 10.3 Å². The number of hydrogen-bond donors (Lipinski definition) is 1. The van der Waals surface area contributed by atoms with Gasteiger partial charge in [-0.1, -0.05) is 59.8 Å². The van der Waals surface area contributed by atoms with Crippen LogP contribution in [0.2, 0.25) is 5.02 Å². The minimum Gasteiger partial charge on any atom is -0.358 e. The monoisotopic (exact) mass is 401 g/mol. The number of thioether (sulfide) groups is 1. The number of hydrogen-bond acceptors (Lipinski definition) is 4. The van der Waals surface area contributed by atoms with Crippen LogP contribution in [0.5, 0.6) is 0 Å². The molecule has 2 aromatic carbocycles. The van der Waals surface area contributed by atoms with Crippen LogP contribution >= 0.6 is 23.4 Å². The van der Waals surface area contributed by atoms with Crippen molar-refractivity contribution in [3.05, 3.63) is 65.2 Å². The lowest BCUT2D eigenvalue weighted by Crippen LogP contribution is -2.46. The predicted molar refractivity (Wildman–Crippen MR) is 110 cm³/mol. The van der Waals surface area contributed by atoms with E-state index >= 15 is 0 Å². The summed E-state index contributed by atoms with van der Waals surface area (Å²) < 4.78 is 0. The summed E-state index contributed by atoms with van der Waals surface area (Å²) in [6, 6.07) is 17.1. The number of benzene rings is 2. The van der Waals surface area contributed by atoms with E-state index in [0.29, 0.717) is 28.8 Å². The van der Waals surface area contributed by atoms with Gasteiger partial charge >= 0.3 is 0 Å². The molecule has 1 N–H and O–H groups in total. The number of rotatable bonds is 5. The van der Waals surface area contributed by atoms with Crippen LogP contribution in [0.15, 0.2) is 59.6 Å². The van der Waals surface area contributed by atoms with Gasteiger partial charge in [0.25, 0.3) is 0 Å². The van der Waals surface area contributed by atoms with Crippen molar-refractivity contribution in [1.29, 1.82) is 0 Å². The fourth-order valence-electron chi connectivity index (χ4n) is 2.76. The lowest BCUT2D eigenvalue weighted by atomic mass is 10.1. The second kappa shape index (κ2) is 9.06. The van der Waals surface area contributed by atoms with E-state index in [1.165, 1.54) is 11.8 Å². The second-order valence-corrected chi connectivity index (χ2v) is 7.69. The molecule has 0 spiro atoms. The quantitative estimate of drug-likeness (QED) is 0.831.